The van der Waals surface area contributed by atoms with Crippen LogP contribution in [0.15, 0.2) is 12.1 Å². The van der Waals surface area contributed by atoms with E-state index >= 15 is 0 Å². The molecule has 2 aliphatic rings. The number of amides is 1. The Balaban J connectivity index is 1.87. The van der Waals surface area contributed by atoms with Crippen molar-refractivity contribution < 1.29 is 36.8 Å². The number of nitrogens with zero attached hydrogens (tertiary/aromatic N) is 1. The Bertz CT molecular complexity index is 945. The molecule has 1 amide bonds. The number of carboxylic acid groups (broad SMARTS) is 1. The molecule has 0 unspecified atom stereocenters. The van der Waals surface area contributed by atoms with Crippen LogP contribution in [0.3, 0.4) is 0 Å². The second-order valence-corrected chi connectivity index (χ2v) is 8.76. The highest BCUT2D eigenvalue weighted by molar-refractivity contribution is 7.86. The van der Waals surface area contributed by atoms with Crippen molar-refractivity contribution in [3.05, 3.63) is 34.4 Å². The third-order valence-corrected chi connectivity index (χ3v) is 5.88. The zero-order valence-electron chi connectivity index (χ0n) is 15.6. The molecule has 0 aromatic heterocycles. The van der Waals surface area contributed by atoms with Gasteiger partial charge in [-0.25, -0.2) is 9.59 Å². The minimum atomic E-state index is -3.86. The normalized spacial score (nSPS) is 18.5. The Labute approximate surface area is 162 Å². The lowest BCUT2D eigenvalue weighted by atomic mass is 9.84. The van der Waals surface area contributed by atoms with Gasteiger partial charge < -0.3 is 14.7 Å². The van der Waals surface area contributed by atoms with Gasteiger partial charge in [0, 0.05) is 30.6 Å². The number of likely N-dealkylation sites (tertiary alicyclic amines) is 1. The van der Waals surface area contributed by atoms with E-state index in [1.165, 1.54) is 12.1 Å². The average Bonchev–Trinajstić information content (AvgIpc) is 2.96. The van der Waals surface area contributed by atoms with Gasteiger partial charge in [-0.3, -0.25) is 8.98 Å². The molecule has 28 heavy (non-hydrogen) atoms. The van der Waals surface area contributed by atoms with Crippen LogP contribution in [0.25, 0.3) is 0 Å². The molecule has 0 saturated carbocycles. The predicted octanol–water partition coefficient (Wildman–Crippen LogP) is 1.73. The summed E-state index contributed by atoms with van der Waals surface area (Å²) in [7, 11) is -3.86. The molecule has 1 aromatic rings. The molecule has 1 N–H and O–H groups in total. The van der Waals surface area contributed by atoms with E-state index in [0.29, 0.717) is 22.3 Å². The number of hydrogen-bond donors (Lipinski definition) is 1. The van der Waals surface area contributed by atoms with Crippen LogP contribution in [0.4, 0.5) is 4.79 Å². The SMILES string of the molecule is Cc1c(C(=O)CC2(OS(C)(=O)=O)CCN(C(=O)O)CC2)ccc2c1COC2=O. The summed E-state index contributed by atoms with van der Waals surface area (Å²) in [5.74, 6) is -0.762. The summed E-state index contributed by atoms with van der Waals surface area (Å²) in [5.41, 5.74) is 0.759. The van der Waals surface area contributed by atoms with Crippen molar-refractivity contribution in [1.29, 1.82) is 0 Å². The number of piperidine rings is 1. The van der Waals surface area contributed by atoms with Gasteiger partial charge in [-0.15, -0.1) is 0 Å². The van der Waals surface area contributed by atoms with Crippen molar-refractivity contribution in [1.82, 2.24) is 4.90 Å². The Morgan fingerprint density at radius 3 is 2.50 bits per heavy atom. The van der Waals surface area contributed by atoms with Gasteiger partial charge in [-0.05, 0) is 31.4 Å². The van der Waals surface area contributed by atoms with Crippen LogP contribution in [0.2, 0.25) is 0 Å². The number of ketones is 1. The van der Waals surface area contributed by atoms with Gasteiger partial charge >= 0.3 is 12.1 Å². The first kappa shape index (κ1) is 20.3. The second kappa shape index (κ2) is 7.17. The molecule has 152 valence electrons. The number of Topliss-reactive ketones (excluding diaryl/α,β-unsaturated/α-hetero) is 1. The number of benzene rings is 1. The molecular formula is C18H21NO8S. The summed E-state index contributed by atoms with van der Waals surface area (Å²) >= 11 is 0. The minimum Gasteiger partial charge on any atom is -0.465 e. The van der Waals surface area contributed by atoms with E-state index in [2.05, 4.69) is 0 Å². The molecule has 2 heterocycles. The molecule has 2 aliphatic heterocycles. The third-order valence-electron chi connectivity index (χ3n) is 5.22. The number of fused-ring (bicyclic) bond motifs is 1. The maximum atomic E-state index is 13.0. The van der Waals surface area contributed by atoms with Crippen molar-refractivity contribution in [2.24, 2.45) is 0 Å². The highest BCUT2D eigenvalue weighted by Gasteiger charge is 2.42. The van der Waals surface area contributed by atoms with E-state index in [0.717, 1.165) is 11.2 Å². The van der Waals surface area contributed by atoms with E-state index in [-0.39, 0.29) is 44.7 Å². The molecule has 1 aromatic carbocycles. The number of carbonyl (C=O) groups is 3. The molecule has 0 radical (unpaired) electrons. The quantitative estimate of drug-likeness (QED) is 0.441. The van der Waals surface area contributed by atoms with Gasteiger partial charge in [0.15, 0.2) is 5.78 Å². The lowest BCUT2D eigenvalue weighted by molar-refractivity contribution is 0.00754. The van der Waals surface area contributed by atoms with Gasteiger partial charge in [0.05, 0.1) is 17.4 Å². The molecule has 0 aliphatic carbocycles. The van der Waals surface area contributed by atoms with Crippen LogP contribution in [-0.4, -0.2) is 61.2 Å². The Morgan fingerprint density at radius 1 is 1.29 bits per heavy atom. The van der Waals surface area contributed by atoms with E-state index in [9.17, 15) is 22.8 Å². The van der Waals surface area contributed by atoms with Crippen molar-refractivity contribution in [3.8, 4) is 0 Å². The highest BCUT2D eigenvalue weighted by atomic mass is 32.2. The maximum absolute atomic E-state index is 13.0. The van der Waals surface area contributed by atoms with Crippen LogP contribution < -0.4 is 0 Å². The first-order chi connectivity index (χ1) is 13.0. The summed E-state index contributed by atoms with van der Waals surface area (Å²) < 4.78 is 33.8. The molecule has 0 atom stereocenters. The lowest BCUT2D eigenvalue weighted by Gasteiger charge is -2.39. The van der Waals surface area contributed by atoms with Gasteiger partial charge in [0.2, 0.25) is 0 Å². The Hall–Kier alpha value is -2.46. The van der Waals surface area contributed by atoms with Crippen molar-refractivity contribution in [2.45, 2.75) is 38.4 Å². The first-order valence-corrected chi connectivity index (χ1v) is 10.5. The fourth-order valence-electron chi connectivity index (χ4n) is 3.76. The van der Waals surface area contributed by atoms with Crippen molar-refractivity contribution in [2.75, 3.05) is 19.3 Å². The third kappa shape index (κ3) is 4.02. The van der Waals surface area contributed by atoms with Crippen LogP contribution in [0, 0.1) is 6.92 Å². The summed E-state index contributed by atoms with van der Waals surface area (Å²) in [6, 6.07) is 3.06. The largest absolute Gasteiger partial charge is 0.465 e. The smallest absolute Gasteiger partial charge is 0.407 e. The van der Waals surface area contributed by atoms with Crippen LogP contribution in [-0.2, 0) is 25.6 Å². The van der Waals surface area contributed by atoms with E-state index in [1.54, 1.807) is 6.92 Å². The van der Waals surface area contributed by atoms with E-state index in [1.807, 2.05) is 0 Å². The molecular weight excluding hydrogens is 390 g/mol. The minimum absolute atomic E-state index is 0.0731. The summed E-state index contributed by atoms with van der Waals surface area (Å²) in [6.07, 6.45) is -0.222. The number of esters is 1. The maximum Gasteiger partial charge on any atom is 0.407 e. The fourth-order valence-corrected chi connectivity index (χ4v) is 4.62. The molecule has 1 fully saturated rings. The lowest BCUT2D eigenvalue weighted by Crippen LogP contribution is -2.49. The van der Waals surface area contributed by atoms with Gasteiger partial charge in [0.1, 0.15) is 6.61 Å². The zero-order chi connectivity index (χ0) is 20.7. The number of cyclic esters (lactones) is 1. The Kier molecular flexibility index (Phi) is 5.20. The van der Waals surface area contributed by atoms with E-state index in [4.69, 9.17) is 14.0 Å². The zero-order valence-corrected chi connectivity index (χ0v) is 16.4. The molecule has 10 heteroatoms. The van der Waals surface area contributed by atoms with Gasteiger partial charge in [-0.2, -0.15) is 8.42 Å². The molecule has 9 nitrogen and oxygen atoms in total. The predicted molar refractivity (Wildman–Crippen MR) is 96.7 cm³/mol. The number of hydrogen-bond acceptors (Lipinski definition) is 7. The van der Waals surface area contributed by atoms with Gasteiger partial charge in [-0.1, -0.05) is 6.07 Å². The summed E-state index contributed by atoms with van der Waals surface area (Å²) in [6.45, 7) is 1.96. The summed E-state index contributed by atoms with van der Waals surface area (Å²) in [4.78, 5) is 37.0. The van der Waals surface area contributed by atoms with Crippen LogP contribution in [0.1, 0.15) is 51.1 Å². The number of ether oxygens (including phenoxy) is 1. The fraction of sp³-hybridized carbons (Fsp3) is 0.500. The molecule has 3 rings (SSSR count). The van der Waals surface area contributed by atoms with E-state index < -0.39 is 27.8 Å². The summed E-state index contributed by atoms with van der Waals surface area (Å²) in [5, 5.41) is 9.11. The van der Waals surface area contributed by atoms with Crippen molar-refractivity contribution >= 4 is 28.0 Å². The number of carbonyl (C=O) groups excluding carboxylic acids is 2. The monoisotopic (exact) mass is 411 g/mol. The Morgan fingerprint density at radius 2 is 1.93 bits per heavy atom. The first-order valence-electron chi connectivity index (χ1n) is 8.73. The molecule has 1 saturated heterocycles. The average molecular weight is 411 g/mol. The standard InChI is InChI=1S/C18H21NO8S/c1-11-12(3-4-13-14(11)10-26-16(13)21)15(20)9-18(27-28(2,24)25)5-7-19(8-6-18)17(22)23/h3-4H,5-10H2,1-2H3,(H,22,23). The van der Waals surface area contributed by atoms with Crippen LogP contribution in [0.5, 0.6) is 0 Å². The highest BCUT2D eigenvalue weighted by Crippen LogP contribution is 2.34. The van der Waals surface area contributed by atoms with Gasteiger partial charge in [0.25, 0.3) is 10.1 Å². The second-order valence-electron chi connectivity index (χ2n) is 7.18. The number of rotatable bonds is 5. The molecule has 0 spiro atoms. The van der Waals surface area contributed by atoms with Crippen molar-refractivity contribution in [3.63, 3.8) is 0 Å². The topological polar surface area (TPSA) is 127 Å². The van der Waals surface area contributed by atoms with Crippen LogP contribution >= 0.6 is 0 Å². The molecule has 0 bridgehead atoms.